The zero-order valence-electron chi connectivity index (χ0n) is 13.2. The third-order valence-electron chi connectivity index (χ3n) is 3.38. The molecule has 21 heavy (non-hydrogen) atoms. The van der Waals surface area contributed by atoms with Gasteiger partial charge in [0.1, 0.15) is 5.82 Å². The minimum atomic E-state index is -0.210. The second-order valence-corrected chi connectivity index (χ2v) is 6.24. The minimum Gasteiger partial charge on any atom is -0.342 e. The molecule has 1 N–H and O–H groups in total. The van der Waals surface area contributed by atoms with E-state index in [0.29, 0.717) is 5.69 Å². The van der Waals surface area contributed by atoms with Crippen molar-refractivity contribution in [3.05, 3.63) is 59.9 Å². The van der Waals surface area contributed by atoms with E-state index in [-0.39, 0.29) is 11.4 Å². The molecule has 2 aromatic carbocycles. The zero-order chi connectivity index (χ0) is 15.5. The molecule has 2 aromatic rings. The lowest BCUT2D eigenvalue weighted by molar-refractivity contribution is 0.424. The number of nitrogens with one attached hydrogen (secondary N) is 1. The van der Waals surface area contributed by atoms with Crippen LogP contribution in [0.1, 0.15) is 26.3 Å². The van der Waals surface area contributed by atoms with Gasteiger partial charge in [-0.3, -0.25) is 0 Å². The maximum atomic E-state index is 14.0. The van der Waals surface area contributed by atoms with Crippen LogP contribution >= 0.6 is 0 Å². The van der Waals surface area contributed by atoms with Crippen molar-refractivity contribution in [1.82, 2.24) is 5.32 Å². The van der Waals surface area contributed by atoms with E-state index in [4.69, 9.17) is 0 Å². The molecule has 0 aromatic heterocycles. The van der Waals surface area contributed by atoms with Crippen molar-refractivity contribution >= 4 is 11.4 Å². The lowest BCUT2D eigenvalue weighted by Gasteiger charge is -2.26. The van der Waals surface area contributed by atoms with Crippen LogP contribution in [0.5, 0.6) is 0 Å². The molecular formula is C18H23FN2. The lowest BCUT2D eigenvalue weighted by Crippen LogP contribution is -2.35. The molecule has 0 radical (unpaired) electrons. The fourth-order valence-electron chi connectivity index (χ4n) is 2.20. The van der Waals surface area contributed by atoms with Crippen molar-refractivity contribution in [3.8, 4) is 0 Å². The topological polar surface area (TPSA) is 15.3 Å². The van der Waals surface area contributed by atoms with Gasteiger partial charge in [-0.15, -0.1) is 0 Å². The van der Waals surface area contributed by atoms with Crippen molar-refractivity contribution in [2.75, 3.05) is 11.9 Å². The molecule has 0 fully saturated rings. The standard InChI is InChI=1S/C18H23FN2/c1-18(2,3)20-13-14-9-5-7-11-16(14)21(4)17-12-8-6-10-15(17)19/h5-12,20H,13H2,1-4H3. The molecule has 0 bridgehead atoms. The summed E-state index contributed by atoms with van der Waals surface area (Å²) in [5, 5.41) is 3.48. The first-order chi connectivity index (χ1) is 9.88. The number of rotatable bonds is 4. The van der Waals surface area contributed by atoms with Crippen molar-refractivity contribution in [1.29, 1.82) is 0 Å². The third kappa shape index (κ3) is 4.05. The van der Waals surface area contributed by atoms with Gasteiger partial charge in [-0.1, -0.05) is 30.3 Å². The third-order valence-corrected chi connectivity index (χ3v) is 3.38. The summed E-state index contributed by atoms with van der Waals surface area (Å²) in [6.45, 7) is 7.15. The van der Waals surface area contributed by atoms with Gasteiger partial charge >= 0.3 is 0 Å². The fourth-order valence-corrected chi connectivity index (χ4v) is 2.20. The Bertz CT molecular complexity index is 602. The van der Waals surface area contributed by atoms with Crippen LogP contribution in [0.3, 0.4) is 0 Å². The number of hydrogen-bond donors (Lipinski definition) is 1. The zero-order valence-corrected chi connectivity index (χ0v) is 13.2. The summed E-state index contributed by atoms with van der Waals surface area (Å²) in [5.41, 5.74) is 2.79. The van der Waals surface area contributed by atoms with E-state index < -0.39 is 0 Å². The highest BCUT2D eigenvalue weighted by Crippen LogP contribution is 2.29. The Morgan fingerprint density at radius 2 is 1.52 bits per heavy atom. The number of para-hydroxylation sites is 2. The molecule has 0 aliphatic carbocycles. The van der Waals surface area contributed by atoms with E-state index in [2.05, 4.69) is 32.2 Å². The van der Waals surface area contributed by atoms with Gasteiger partial charge in [-0.05, 0) is 44.5 Å². The van der Waals surface area contributed by atoms with Gasteiger partial charge in [0.15, 0.2) is 0 Å². The average Bonchev–Trinajstić information content (AvgIpc) is 2.44. The lowest BCUT2D eigenvalue weighted by atomic mass is 10.1. The summed E-state index contributed by atoms with van der Waals surface area (Å²) in [5.74, 6) is -0.210. The van der Waals surface area contributed by atoms with Crippen LogP contribution in [0.25, 0.3) is 0 Å². The van der Waals surface area contributed by atoms with Crippen LogP contribution in [0, 0.1) is 5.82 Å². The Hall–Kier alpha value is -1.87. The molecule has 2 nitrogen and oxygen atoms in total. The molecule has 0 heterocycles. The molecule has 3 heteroatoms. The normalized spacial score (nSPS) is 11.5. The van der Waals surface area contributed by atoms with Crippen LogP contribution in [-0.4, -0.2) is 12.6 Å². The Balaban J connectivity index is 2.29. The van der Waals surface area contributed by atoms with Gasteiger partial charge in [-0.25, -0.2) is 4.39 Å². The quantitative estimate of drug-likeness (QED) is 0.891. The molecule has 0 unspecified atom stereocenters. The van der Waals surface area contributed by atoms with Crippen molar-refractivity contribution in [3.63, 3.8) is 0 Å². The summed E-state index contributed by atoms with van der Waals surface area (Å²) in [7, 11) is 1.90. The predicted molar refractivity (Wildman–Crippen MR) is 87.5 cm³/mol. The Kier molecular flexibility index (Phi) is 4.63. The molecule has 0 aliphatic rings. The summed E-state index contributed by atoms with van der Waals surface area (Å²) in [6, 6.07) is 14.9. The summed E-state index contributed by atoms with van der Waals surface area (Å²) < 4.78 is 14.0. The van der Waals surface area contributed by atoms with E-state index >= 15 is 0 Å². The number of halogens is 1. The van der Waals surface area contributed by atoms with Crippen LogP contribution in [0.15, 0.2) is 48.5 Å². The highest BCUT2D eigenvalue weighted by atomic mass is 19.1. The molecular weight excluding hydrogens is 263 g/mol. The molecule has 0 amide bonds. The van der Waals surface area contributed by atoms with Gasteiger partial charge in [0.25, 0.3) is 0 Å². The molecule has 0 aliphatic heterocycles. The smallest absolute Gasteiger partial charge is 0.146 e. The van der Waals surface area contributed by atoms with Gasteiger partial charge < -0.3 is 10.2 Å². The molecule has 0 spiro atoms. The van der Waals surface area contributed by atoms with E-state index in [1.54, 1.807) is 12.1 Å². The number of benzene rings is 2. The Morgan fingerprint density at radius 1 is 0.952 bits per heavy atom. The summed E-state index contributed by atoms with van der Waals surface area (Å²) in [6.07, 6.45) is 0. The van der Waals surface area contributed by atoms with Crippen molar-refractivity contribution in [2.45, 2.75) is 32.9 Å². The predicted octanol–water partition coefficient (Wildman–Crippen LogP) is 4.48. The van der Waals surface area contributed by atoms with Gasteiger partial charge in [0, 0.05) is 24.8 Å². The largest absolute Gasteiger partial charge is 0.342 e. The first kappa shape index (κ1) is 15.5. The molecule has 0 saturated carbocycles. The number of nitrogens with zero attached hydrogens (tertiary/aromatic N) is 1. The first-order valence-corrected chi connectivity index (χ1v) is 7.20. The molecule has 112 valence electrons. The highest BCUT2D eigenvalue weighted by Gasteiger charge is 2.14. The van der Waals surface area contributed by atoms with Crippen molar-refractivity contribution in [2.24, 2.45) is 0 Å². The SMILES string of the molecule is CN(c1ccccc1F)c1ccccc1CNC(C)(C)C. The number of hydrogen-bond acceptors (Lipinski definition) is 2. The van der Waals surface area contributed by atoms with Gasteiger partial charge in [-0.2, -0.15) is 0 Å². The maximum Gasteiger partial charge on any atom is 0.146 e. The summed E-state index contributed by atoms with van der Waals surface area (Å²) in [4.78, 5) is 1.90. The fraction of sp³-hybridized carbons (Fsp3) is 0.333. The maximum absolute atomic E-state index is 14.0. The van der Waals surface area contributed by atoms with Crippen LogP contribution in [0.2, 0.25) is 0 Å². The highest BCUT2D eigenvalue weighted by molar-refractivity contribution is 5.66. The molecule has 0 atom stereocenters. The van der Waals surface area contributed by atoms with E-state index in [9.17, 15) is 4.39 Å². The summed E-state index contributed by atoms with van der Waals surface area (Å²) >= 11 is 0. The van der Waals surface area contributed by atoms with Gasteiger partial charge in [0.05, 0.1) is 5.69 Å². The second kappa shape index (κ2) is 6.27. The Labute approximate surface area is 126 Å². The average molecular weight is 286 g/mol. The second-order valence-electron chi connectivity index (χ2n) is 6.24. The monoisotopic (exact) mass is 286 g/mol. The van der Waals surface area contributed by atoms with Crippen LogP contribution in [-0.2, 0) is 6.54 Å². The first-order valence-electron chi connectivity index (χ1n) is 7.20. The van der Waals surface area contributed by atoms with E-state index in [0.717, 1.165) is 17.8 Å². The number of anilines is 2. The van der Waals surface area contributed by atoms with E-state index in [1.165, 1.54) is 6.07 Å². The minimum absolute atomic E-state index is 0.0453. The van der Waals surface area contributed by atoms with Crippen molar-refractivity contribution < 1.29 is 4.39 Å². The van der Waals surface area contributed by atoms with Crippen LogP contribution < -0.4 is 10.2 Å². The van der Waals surface area contributed by atoms with Gasteiger partial charge in [0.2, 0.25) is 0 Å². The molecule has 2 rings (SSSR count). The molecule has 0 saturated heterocycles. The van der Waals surface area contributed by atoms with Crippen LogP contribution in [0.4, 0.5) is 15.8 Å². The Morgan fingerprint density at radius 3 is 2.14 bits per heavy atom. The van der Waals surface area contributed by atoms with E-state index in [1.807, 2.05) is 36.2 Å².